The van der Waals surface area contributed by atoms with Gasteiger partial charge in [0.25, 0.3) is 5.69 Å². The molecule has 0 saturated carbocycles. The lowest BCUT2D eigenvalue weighted by Gasteiger charge is -2.04. The zero-order chi connectivity index (χ0) is 13.0. The Labute approximate surface area is 95.2 Å². The number of nitrogens with zero attached hydrogens (tertiary/aromatic N) is 1. The van der Waals surface area contributed by atoms with Crippen LogP contribution >= 0.6 is 0 Å². The molecule has 0 amide bonds. The lowest BCUT2D eigenvalue weighted by molar-refractivity contribution is -0.385. The number of carbonyl (C=O) groups is 1. The molecule has 1 rings (SSSR count). The first-order chi connectivity index (χ1) is 7.97. The lowest BCUT2D eigenvalue weighted by atomic mass is 10.1. The molecule has 0 fully saturated rings. The van der Waals surface area contributed by atoms with E-state index in [0.717, 1.165) is 0 Å². The Morgan fingerprint density at radius 2 is 2.00 bits per heavy atom. The SMILES string of the molecule is CCCOC(=O)c1cc(F)c(F)cc1[N+](=O)[O-]. The van der Waals surface area contributed by atoms with Gasteiger partial charge in [-0.1, -0.05) is 6.92 Å². The predicted molar refractivity (Wildman–Crippen MR) is 53.6 cm³/mol. The Kier molecular flexibility index (Phi) is 4.08. The number of benzene rings is 1. The maximum atomic E-state index is 12.9. The second kappa shape index (κ2) is 5.33. The molecule has 1 aromatic rings. The summed E-state index contributed by atoms with van der Waals surface area (Å²) < 4.78 is 30.3. The van der Waals surface area contributed by atoms with Gasteiger partial charge < -0.3 is 4.74 Å². The third-order valence-corrected chi connectivity index (χ3v) is 1.89. The van der Waals surface area contributed by atoms with Crippen molar-refractivity contribution in [2.75, 3.05) is 6.61 Å². The zero-order valence-electron chi connectivity index (χ0n) is 8.91. The second-order valence-corrected chi connectivity index (χ2v) is 3.18. The fraction of sp³-hybridized carbons (Fsp3) is 0.300. The quantitative estimate of drug-likeness (QED) is 0.464. The van der Waals surface area contributed by atoms with Crippen LogP contribution in [-0.4, -0.2) is 17.5 Å². The van der Waals surface area contributed by atoms with Gasteiger partial charge in [0.1, 0.15) is 5.56 Å². The Morgan fingerprint density at radius 1 is 1.41 bits per heavy atom. The van der Waals surface area contributed by atoms with E-state index < -0.39 is 33.8 Å². The summed E-state index contributed by atoms with van der Waals surface area (Å²) in [5.74, 6) is -3.76. The normalized spacial score (nSPS) is 10.1. The Bertz CT molecular complexity index is 462. The largest absolute Gasteiger partial charge is 0.462 e. The van der Waals surface area contributed by atoms with Crippen LogP contribution in [0.5, 0.6) is 0 Å². The molecule has 0 radical (unpaired) electrons. The van der Waals surface area contributed by atoms with Crippen LogP contribution in [0.25, 0.3) is 0 Å². The molecule has 92 valence electrons. The summed E-state index contributed by atoms with van der Waals surface area (Å²) in [6, 6.07) is 0.823. The standard InChI is InChI=1S/C10H9F2NO4/c1-2-3-17-10(14)6-4-7(11)8(12)5-9(6)13(15)16/h4-5H,2-3H2,1H3. The van der Waals surface area contributed by atoms with Crippen molar-refractivity contribution < 1.29 is 23.2 Å². The van der Waals surface area contributed by atoms with Crippen LogP contribution in [0.3, 0.4) is 0 Å². The van der Waals surface area contributed by atoms with Gasteiger partial charge in [0.05, 0.1) is 17.6 Å². The van der Waals surface area contributed by atoms with E-state index in [-0.39, 0.29) is 6.61 Å². The van der Waals surface area contributed by atoms with Crippen molar-refractivity contribution in [2.45, 2.75) is 13.3 Å². The van der Waals surface area contributed by atoms with E-state index in [4.69, 9.17) is 0 Å². The fourth-order valence-corrected chi connectivity index (χ4v) is 1.12. The van der Waals surface area contributed by atoms with Crippen molar-refractivity contribution >= 4 is 11.7 Å². The van der Waals surface area contributed by atoms with Gasteiger partial charge in [-0.3, -0.25) is 10.1 Å². The van der Waals surface area contributed by atoms with E-state index in [0.29, 0.717) is 18.6 Å². The van der Waals surface area contributed by atoms with Crippen LogP contribution in [-0.2, 0) is 4.74 Å². The highest BCUT2D eigenvalue weighted by atomic mass is 19.2. The second-order valence-electron chi connectivity index (χ2n) is 3.18. The fourth-order valence-electron chi connectivity index (χ4n) is 1.12. The molecule has 7 heteroatoms. The summed E-state index contributed by atoms with van der Waals surface area (Å²) >= 11 is 0. The zero-order valence-corrected chi connectivity index (χ0v) is 8.91. The van der Waals surface area contributed by atoms with Crippen molar-refractivity contribution in [2.24, 2.45) is 0 Å². The molecule has 0 atom stereocenters. The molecule has 0 aliphatic heterocycles. The van der Waals surface area contributed by atoms with Crippen LogP contribution in [0, 0.1) is 21.7 Å². The summed E-state index contributed by atoms with van der Waals surface area (Å²) in [5.41, 5.74) is -1.41. The molecule has 17 heavy (non-hydrogen) atoms. The first-order valence-corrected chi connectivity index (χ1v) is 4.78. The monoisotopic (exact) mass is 245 g/mol. The molecule has 0 N–H and O–H groups in total. The minimum Gasteiger partial charge on any atom is -0.462 e. The summed E-state index contributed by atoms with van der Waals surface area (Å²) in [6.07, 6.45) is 0.517. The van der Waals surface area contributed by atoms with Crippen molar-refractivity contribution in [3.63, 3.8) is 0 Å². The first kappa shape index (κ1) is 13.0. The van der Waals surface area contributed by atoms with E-state index in [1.807, 2.05) is 0 Å². The average molecular weight is 245 g/mol. The third kappa shape index (κ3) is 2.96. The maximum absolute atomic E-state index is 12.9. The predicted octanol–water partition coefficient (Wildman–Crippen LogP) is 2.44. The number of rotatable bonds is 4. The van der Waals surface area contributed by atoms with Crippen LogP contribution in [0.1, 0.15) is 23.7 Å². The summed E-state index contributed by atoms with van der Waals surface area (Å²) in [5, 5.41) is 10.6. The van der Waals surface area contributed by atoms with Gasteiger partial charge in [-0.05, 0) is 12.5 Å². The summed E-state index contributed by atoms with van der Waals surface area (Å²) in [4.78, 5) is 21.0. The number of hydrogen-bond donors (Lipinski definition) is 0. The molecule has 0 spiro atoms. The highest BCUT2D eigenvalue weighted by Crippen LogP contribution is 2.23. The number of esters is 1. The summed E-state index contributed by atoms with van der Waals surface area (Å²) in [6.45, 7) is 1.78. The van der Waals surface area contributed by atoms with Gasteiger partial charge in [0, 0.05) is 0 Å². The Balaban J connectivity index is 3.16. The van der Waals surface area contributed by atoms with Crippen molar-refractivity contribution in [1.82, 2.24) is 0 Å². The van der Waals surface area contributed by atoms with Crippen LogP contribution < -0.4 is 0 Å². The highest BCUT2D eigenvalue weighted by Gasteiger charge is 2.24. The Morgan fingerprint density at radius 3 is 2.53 bits per heavy atom. The molecule has 1 aromatic carbocycles. The average Bonchev–Trinajstić information content (AvgIpc) is 2.28. The number of hydrogen-bond acceptors (Lipinski definition) is 4. The molecule has 0 saturated heterocycles. The molecule has 0 unspecified atom stereocenters. The van der Waals surface area contributed by atoms with Gasteiger partial charge in [-0.2, -0.15) is 0 Å². The van der Waals surface area contributed by atoms with Gasteiger partial charge in [-0.15, -0.1) is 0 Å². The van der Waals surface area contributed by atoms with Gasteiger partial charge in [0.15, 0.2) is 11.6 Å². The van der Waals surface area contributed by atoms with E-state index in [1.54, 1.807) is 6.92 Å². The minimum atomic E-state index is -1.39. The lowest BCUT2D eigenvalue weighted by Crippen LogP contribution is -2.10. The van der Waals surface area contributed by atoms with Crippen LogP contribution in [0.2, 0.25) is 0 Å². The van der Waals surface area contributed by atoms with Crippen molar-refractivity contribution in [3.8, 4) is 0 Å². The Hall–Kier alpha value is -2.05. The van der Waals surface area contributed by atoms with E-state index >= 15 is 0 Å². The first-order valence-electron chi connectivity index (χ1n) is 4.78. The topological polar surface area (TPSA) is 69.4 Å². The van der Waals surface area contributed by atoms with E-state index in [1.165, 1.54) is 0 Å². The molecule has 0 heterocycles. The molecule has 5 nitrogen and oxygen atoms in total. The van der Waals surface area contributed by atoms with Gasteiger partial charge in [-0.25, -0.2) is 13.6 Å². The maximum Gasteiger partial charge on any atom is 0.345 e. The number of nitro groups is 1. The van der Waals surface area contributed by atoms with Gasteiger partial charge >= 0.3 is 5.97 Å². The minimum absolute atomic E-state index is 0.0506. The third-order valence-electron chi connectivity index (χ3n) is 1.89. The number of halogens is 2. The van der Waals surface area contributed by atoms with E-state index in [9.17, 15) is 23.7 Å². The molecule has 0 bridgehead atoms. The smallest absolute Gasteiger partial charge is 0.345 e. The highest BCUT2D eigenvalue weighted by molar-refractivity contribution is 5.93. The number of ether oxygens (including phenoxy) is 1. The van der Waals surface area contributed by atoms with Crippen molar-refractivity contribution in [3.05, 3.63) is 39.4 Å². The molecule has 0 aliphatic rings. The molecular formula is C10H9F2NO4. The number of carbonyl (C=O) groups excluding carboxylic acids is 1. The van der Waals surface area contributed by atoms with Crippen molar-refractivity contribution in [1.29, 1.82) is 0 Å². The molecular weight excluding hydrogens is 236 g/mol. The summed E-state index contributed by atoms with van der Waals surface area (Å²) in [7, 11) is 0. The molecule has 0 aromatic heterocycles. The number of nitro benzene ring substituents is 1. The van der Waals surface area contributed by atoms with Gasteiger partial charge in [0.2, 0.25) is 0 Å². The van der Waals surface area contributed by atoms with Crippen LogP contribution in [0.15, 0.2) is 12.1 Å². The van der Waals surface area contributed by atoms with E-state index in [2.05, 4.69) is 4.74 Å². The van der Waals surface area contributed by atoms with Crippen LogP contribution in [0.4, 0.5) is 14.5 Å². The molecule has 0 aliphatic carbocycles.